The molecule has 0 amide bonds. The normalized spacial score (nSPS) is 21.3. The SMILES string of the molecule is Cn1ccc(-c2cn([C@H]3C[C@H](O)[C@@H](COc4ccc5ccc(N6CCC6)nc5c4)O3)c3ncnc(N)c23)n1. The lowest BCUT2D eigenvalue weighted by molar-refractivity contribution is -0.0379. The van der Waals surface area contributed by atoms with Crippen LogP contribution in [0.15, 0.2) is 55.1 Å². The fourth-order valence-electron chi connectivity index (χ4n) is 5.19. The standard InChI is InChI=1S/C27H28N8O3/c1-33-10-7-19(32-33)18-13-35(27-25(18)26(28)29-15-30-27)24-12-21(36)22(38-24)14-37-17-5-3-16-4-6-23(31-20(16)11-17)34-8-2-9-34/h3-7,10-11,13,15,21-22,24,36H,2,8-9,12,14H2,1H3,(H2,28,29,30)/t21-,22+,24+/m0/s1. The van der Waals surface area contributed by atoms with Crippen LogP contribution in [-0.2, 0) is 11.8 Å². The molecule has 3 atom stereocenters. The fraction of sp³-hybridized carbons (Fsp3) is 0.333. The summed E-state index contributed by atoms with van der Waals surface area (Å²) in [6, 6.07) is 11.9. The van der Waals surface area contributed by atoms with E-state index >= 15 is 0 Å². The van der Waals surface area contributed by atoms with Crippen molar-refractivity contribution in [1.29, 1.82) is 0 Å². The summed E-state index contributed by atoms with van der Waals surface area (Å²) in [6.45, 7) is 2.30. The molecule has 38 heavy (non-hydrogen) atoms. The van der Waals surface area contributed by atoms with Gasteiger partial charge in [-0.05, 0) is 36.8 Å². The molecule has 0 spiro atoms. The molecule has 0 aliphatic carbocycles. The van der Waals surface area contributed by atoms with Gasteiger partial charge in [-0.1, -0.05) is 0 Å². The van der Waals surface area contributed by atoms with Crippen LogP contribution < -0.4 is 15.4 Å². The number of hydrogen-bond acceptors (Lipinski definition) is 9. The lowest BCUT2D eigenvalue weighted by Crippen LogP contribution is -2.37. The molecular formula is C27H28N8O3. The largest absolute Gasteiger partial charge is 0.491 e. The minimum atomic E-state index is -0.702. The number of nitrogens with zero attached hydrogens (tertiary/aromatic N) is 7. The number of aliphatic hydroxyl groups excluding tert-OH is 1. The van der Waals surface area contributed by atoms with E-state index in [2.05, 4.69) is 32.1 Å². The maximum absolute atomic E-state index is 10.8. The molecule has 11 nitrogen and oxygen atoms in total. The quantitative estimate of drug-likeness (QED) is 0.353. The van der Waals surface area contributed by atoms with Crippen molar-refractivity contribution in [3.63, 3.8) is 0 Å². The summed E-state index contributed by atoms with van der Waals surface area (Å²) in [5.74, 6) is 2.05. The molecule has 11 heteroatoms. The van der Waals surface area contributed by atoms with E-state index in [1.807, 2.05) is 48.3 Å². The average Bonchev–Trinajstić information content (AvgIpc) is 3.58. The molecule has 3 N–H and O–H groups in total. The highest BCUT2D eigenvalue weighted by molar-refractivity contribution is 5.99. The summed E-state index contributed by atoms with van der Waals surface area (Å²) < 4.78 is 16.0. The number of rotatable bonds is 6. The summed E-state index contributed by atoms with van der Waals surface area (Å²) in [4.78, 5) is 15.7. The van der Waals surface area contributed by atoms with E-state index in [1.54, 1.807) is 4.68 Å². The van der Waals surface area contributed by atoms with Crippen molar-refractivity contribution >= 4 is 33.6 Å². The second kappa shape index (κ2) is 8.96. The van der Waals surface area contributed by atoms with Crippen molar-refractivity contribution in [2.45, 2.75) is 31.3 Å². The monoisotopic (exact) mass is 512 g/mol. The Labute approximate surface area is 218 Å². The maximum Gasteiger partial charge on any atom is 0.148 e. The van der Waals surface area contributed by atoms with Gasteiger partial charge in [0.2, 0.25) is 0 Å². The Morgan fingerprint density at radius 3 is 2.82 bits per heavy atom. The van der Waals surface area contributed by atoms with Crippen LogP contribution in [0.4, 0.5) is 11.6 Å². The summed E-state index contributed by atoms with van der Waals surface area (Å²) in [7, 11) is 1.86. The van der Waals surface area contributed by atoms with Gasteiger partial charge in [0.15, 0.2) is 0 Å². The van der Waals surface area contributed by atoms with Crippen LogP contribution in [0.25, 0.3) is 33.2 Å². The molecule has 7 rings (SSSR count). The number of fused-ring (bicyclic) bond motifs is 2. The number of benzene rings is 1. The third-order valence-electron chi connectivity index (χ3n) is 7.39. The first-order valence-electron chi connectivity index (χ1n) is 12.8. The predicted octanol–water partition coefficient (Wildman–Crippen LogP) is 2.90. The van der Waals surface area contributed by atoms with Crippen molar-refractivity contribution in [1.82, 2.24) is 29.3 Å². The number of aryl methyl sites for hydroxylation is 1. The molecule has 2 saturated heterocycles. The molecule has 6 heterocycles. The van der Waals surface area contributed by atoms with Gasteiger partial charge in [-0.3, -0.25) is 4.68 Å². The van der Waals surface area contributed by atoms with Crippen molar-refractivity contribution in [3.05, 3.63) is 55.1 Å². The molecule has 0 unspecified atom stereocenters. The molecule has 0 saturated carbocycles. The van der Waals surface area contributed by atoms with E-state index in [0.29, 0.717) is 29.0 Å². The van der Waals surface area contributed by atoms with Crippen molar-refractivity contribution in [2.24, 2.45) is 7.05 Å². The highest BCUT2D eigenvalue weighted by Crippen LogP contribution is 2.38. The molecule has 2 fully saturated rings. The van der Waals surface area contributed by atoms with Crippen molar-refractivity contribution < 1.29 is 14.6 Å². The maximum atomic E-state index is 10.8. The van der Waals surface area contributed by atoms with E-state index in [4.69, 9.17) is 20.2 Å². The summed E-state index contributed by atoms with van der Waals surface area (Å²) in [5.41, 5.74) is 9.34. The van der Waals surface area contributed by atoms with E-state index in [1.165, 1.54) is 12.7 Å². The molecular weight excluding hydrogens is 484 g/mol. The van der Waals surface area contributed by atoms with Gasteiger partial charge in [0.05, 0.1) is 22.7 Å². The third-order valence-corrected chi connectivity index (χ3v) is 7.39. The number of aliphatic hydroxyl groups is 1. The Morgan fingerprint density at radius 1 is 1.16 bits per heavy atom. The number of pyridine rings is 1. The lowest BCUT2D eigenvalue weighted by atomic mass is 10.1. The van der Waals surface area contributed by atoms with Crippen molar-refractivity contribution in [2.75, 3.05) is 30.3 Å². The second-order valence-electron chi connectivity index (χ2n) is 9.89. The Balaban J connectivity index is 1.11. The van der Waals surface area contributed by atoms with E-state index in [9.17, 15) is 5.11 Å². The molecule has 2 aliphatic heterocycles. The van der Waals surface area contributed by atoms with Crippen LogP contribution in [0.1, 0.15) is 19.1 Å². The minimum Gasteiger partial charge on any atom is -0.491 e. The molecule has 4 aromatic heterocycles. The first kappa shape index (κ1) is 22.9. The predicted molar refractivity (Wildman–Crippen MR) is 143 cm³/mol. The Morgan fingerprint density at radius 2 is 2.03 bits per heavy atom. The topological polar surface area (TPSA) is 129 Å². The van der Waals surface area contributed by atoms with Gasteiger partial charge < -0.3 is 29.8 Å². The molecule has 2 aliphatic rings. The van der Waals surface area contributed by atoms with Crippen LogP contribution in [0.3, 0.4) is 0 Å². The van der Waals surface area contributed by atoms with Crippen LogP contribution in [0, 0.1) is 0 Å². The van der Waals surface area contributed by atoms with Gasteiger partial charge in [0.1, 0.15) is 48.3 Å². The van der Waals surface area contributed by atoms with Gasteiger partial charge in [0.25, 0.3) is 0 Å². The van der Waals surface area contributed by atoms with Gasteiger partial charge in [-0.25, -0.2) is 15.0 Å². The van der Waals surface area contributed by atoms with Crippen LogP contribution in [-0.4, -0.2) is 66.3 Å². The zero-order valence-electron chi connectivity index (χ0n) is 20.9. The first-order chi connectivity index (χ1) is 18.5. The fourth-order valence-corrected chi connectivity index (χ4v) is 5.19. The van der Waals surface area contributed by atoms with Gasteiger partial charge in [-0.2, -0.15) is 5.10 Å². The highest BCUT2D eigenvalue weighted by atomic mass is 16.6. The number of hydrogen-bond donors (Lipinski definition) is 2. The van der Waals surface area contributed by atoms with E-state index in [0.717, 1.165) is 41.1 Å². The lowest BCUT2D eigenvalue weighted by Gasteiger charge is -2.32. The number of anilines is 2. The van der Waals surface area contributed by atoms with Gasteiger partial charge in [0, 0.05) is 56.0 Å². The number of nitrogens with two attached hydrogens (primary N) is 1. The summed E-state index contributed by atoms with van der Waals surface area (Å²) in [6.07, 6.45) is 5.17. The molecule has 1 aromatic carbocycles. The third kappa shape index (κ3) is 3.91. The van der Waals surface area contributed by atoms with Gasteiger partial charge >= 0.3 is 0 Å². The zero-order valence-corrected chi connectivity index (χ0v) is 20.9. The van der Waals surface area contributed by atoms with Crippen molar-refractivity contribution in [3.8, 4) is 17.0 Å². The Bertz CT molecular complexity index is 1640. The van der Waals surface area contributed by atoms with Gasteiger partial charge in [-0.15, -0.1) is 0 Å². The van der Waals surface area contributed by atoms with Crippen LogP contribution >= 0.6 is 0 Å². The van der Waals surface area contributed by atoms with E-state index in [-0.39, 0.29) is 6.61 Å². The summed E-state index contributed by atoms with van der Waals surface area (Å²) in [5, 5.41) is 17.1. The zero-order chi connectivity index (χ0) is 25.8. The highest BCUT2D eigenvalue weighted by Gasteiger charge is 2.37. The molecule has 0 bridgehead atoms. The molecule has 5 aromatic rings. The minimum absolute atomic E-state index is 0.207. The number of nitrogen functional groups attached to an aromatic ring is 1. The van der Waals surface area contributed by atoms with Crippen LogP contribution in [0.2, 0.25) is 0 Å². The molecule has 0 radical (unpaired) electrons. The Hall–Kier alpha value is -4.22. The van der Waals surface area contributed by atoms with E-state index < -0.39 is 18.4 Å². The van der Waals surface area contributed by atoms with Crippen LogP contribution in [0.5, 0.6) is 5.75 Å². The number of aromatic nitrogens is 6. The summed E-state index contributed by atoms with van der Waals surface area (Å²) >= 11 is 0. The Kier molecular flexibility index (Phi) is 5.41. The number of ether oxygens (including phenoxy) is 2. The second-order valence-corrected chi connectivity index (χ2v) is 9.89. The smallest absolute Gasteiger partial charge is 0.148 e. The average molecular weight is 513 g/mol. The first-order valence-corrected chi connectivity index (χ1v) is 12.8. The molecule has 194 valence electrons.